The average molecular weight is 353 g/mol. The predicted octanol–water partition coefficient (Wildman–Crippen LogP) is 7.70. The van der Waals surface area contributed by atoms with Crippen LogP contribution in [-0.4, -0.2) is 5.24 Å². The second kappa shape index (κ2) is 18.5. The zero-order valence-corrected chi connectivity index (χ0v) is 16.6. The first-order valence-electron chi connectivity index (χ1n) is 9.93. The van der Waals surface area contributed by atoms with Crippen LogP contribution < -0.4 is 0 Å². The second-order valence-electron chi connectivity index (χ2n) is 6.52. The van der Waals surface area contributed by atoms with Crippen molar-refractivity contribution in [3.8, 4) is 0 Å². The van der Waals surface area contributed by atoms with Crippen LogP contribution in [0.3, 0.4) is 0 Å². The Morgan fingerprint density at radius 1 is 0.750 bits per heavy atom. The maximum atomic E-state index is 9.81. The van der Waals surface area contributed by atoms with E-state index in [0.29, 0.717) is 6.42 Å². The van der Waals surface area contributed by atoms with Gasteiger partial charge in [0.25, 0.3) is 0 Å². The molecule has 0 spiro atoms. The van der Waals surface area contributed by atoms with Crippen molar-refractivity contribution in [1.82, 2.24) is 0 Å². The highest BCUT2D eigenvalue weighted by Gasteiger charge is 1.94. The van der Waals surface area contributed by atoms with Gasteiger partial charge in [-0.05, 0) is 36.4 Å². The van der Waals surface area contributed by atoms with E-state index >= 15 is 0 Å². The lowest BCUT2D eigenvalue weighted by atomic mass is 10.0. The fraction of sp³-hybridized carbons (Fsp3) is 0.682. The number of hydrogen-bond acceptors (Lipinski definition) is 1. The Labute approximate surface area is 155 Å². The minimum absolute atomic E-state index is 0.238. The highest BCUT2D eigenvalue weighted by Crippen LogP contribution is 2.12. The Morgan fingerprint density at radius 2 is 1.25 bits per heavy atom. The molecule has 0 aliphatic heterocycles. The van der Waals surface area contributed by atoms with E-state index in [0.717, 1.165) is 6.42 Å². The fourth-order valence-corrected chi connectivity index (χ4v) is 2.85. The summed E-state index contributed by atoms with van der Waals surface area (Å²) in [4.78, 5) is 9.81. The first-order valence-corrected chi connectivity index (χ1v) is 10.3. The van der Waals surface area contributed by atoms with E-state index in [1.54, 1.807) is 0 Å². The first-order chi connectivity index (χ1) is 11.7. The third-order valence-corrected chi connectivity index (χ3v) is 4.30. The van der Waals surface area contributed by atoms with Crippen molar-refractivity contribution in [2.45, 2.75) is 97.3 Å². The van der Waals surface area contributed by atoms with Crippen molar-refractivity contribution in [2.75, 3.05) is 0 Å². The van der Waals surface area contributed by atoms with Crippen molar-refractivity contribution in [3.63, 3.8) is 0 Å². The van der Waals surface area contributed by atoms with E-state index in [-0.39, 0.29) is 5.24 Å². The average Bonchev–Trinajstić information content (AvgIpc) is 2.58. The van der Waals surface area contributed by atoms with Gasteiger partial charge in [0.15, 0.2) is 0 Å². The zero-order chi connectivity index (χ0) is 17.9. The van der Waals surface area contributed by atoms with Crippen LogP contribution in [0.25, 0.3) is 0 Å². The van der Waals surface area contributed by atoms with E-state index in [4.69, 9.17) is 11.6 Å². The Balaban J connectivity index is 0.000000754. The van der Waals surface area contributed by atoms with Gasteiger partial charge in [-0.3, -0.25) is 4.79 Å². The monoisotopic (exact) mass is 352 g/mol. The van der Waals surface area contributed by atoms with Crippen LogP contribution in [-0.2, 0) is 11.2 Å². The highest BCUT2D eigenvalue weighted by atomic mass is 35.5. The molecule has 0 atom stereocenters. The molecule has 0 bridgehead atoms. The SMILES string of the molecule is CCCC(=O)Cl.CCCCCCCCCCCCc1ccccc1. The van der Waals surface area contributed by atoms with Crippen molar-refractivity contribution in [2.24, 2.45) is 0 Å². The van der Waals surface area contributed by atoms with E-state index in [1.165, 1.54) is 76.2 Å². The van der Waals surface area contributed by atoms with Crippen molar-refractivity contribution in [1.29, 1.82) is 0 Å². The maximum absolute atomic E-state index is 9.81. The van der Waals surface area contributed by atoms with E-state index < -0.39 is 0 Å². The van der Waals surface area contributed by atoms with Gasteiger partial charge in [-0.15, -0.1) is 0 Å². The second-order valence-corrected chi connectivity index (χ2v) is 6.94. The summed E-state index contributed by atoms with van der Waals surface area (Å²) in [6, 6.07) is 10.9. The third kappa shape index (κ3) is 17.5. The van der Waals surface area contributed by atoms with Crippen LogP contribution in [0.1, 0.15) is 96.5 Å². The summed E-state index contributed by atoms with van der Waals surface area (Å²) in [6.07, 6.45) is 16.9. The molecule has 0 N–H and O–H groups in total. The molecule has 0 aromatic heterocycles. The van der Waals surface area contributed by atoms with Crippen LogP contribution in [0.2, 0.25) is 0 Å². The molecule has 0 saturated heterocycles. The van der Waals surface area contributed by atoms with Gasteiger partial charge < -0.3 is 0 Å². The van der Waals surface area contributed by atoms with Crippen LogP contribution >= 0.6 is 11.6 Å². The smallest absolute Gasteiger partial charge is 0.221 e. The van der Waals surface area contributed by atoms with E-state index in [9.17, 15) is 4.79 Å². The first kappa shape index (κ1) is 23.2. The van der Waals surface area contributed by atoms with E-state index in [2.05, 4.69) is 37.3 Å². The summed E-state index contributed by atoms with van der Waals surface area (Å²) in [5, 5.41) is -0.238. The van der Waals surface area contributed by atoms with Gasteiger partial charge in [-0.2, -0.15) is 0 Å². The lowest BCUT2D eigenvalue weighted by molar-refractivity contribution is -0.111. The molecule has 1 nitrogen and oxygen atoms in total. The molecular weight excluding hydrogens is 316 g/mol. The molecule has 1 aromatic rings. The molecule has 2 heteroatoms. The predicted molar refractivity (Wildman–Crippen MR) is 108 cm³/mol. The molecular formula is C22H37ClO. The molecule has 0 fully saturated rings. The number of unbranched alkanes of at least 4 members (excludes halogenated alkanes) is 9. The van der Waals surface area contributed by atoms with Crippen molar-refractivity contribution >= 4 is 16.8 Å². The van der Waals surface area contributed by atoms with Gasteiger partial charge >= 0.3 is 0 Å². The summed E-state index contributed by atoms with van der Waals surface area (Å²) >= 11 is 4.94. The minimum atomic E-state index is -0.238. The number of carbonyl (C=O) groups excluding carboxylic acids is 1. The molecule has 0 saturated carbocycles. The molecule has 0 radical (unpaired) electrons. The molecule has 24 heavy (non-hydrogen) atoms. The fourth-order valence-electron chi connectivity index (χ4n) is 2.66. The minimum Gasteiger partial charge on any atom is -0.281 e. The van der Waals surface area contributed by atoms with Gasteiger partial charge in [0.05, 0.1) is 0 Å². The van der Waals surface area contributed by atoms with Gasteiger partial charge in [0.1, 0.15) is 0 Å². The van der Waals surface area contributed by atoms with Gasteiger partial charge in [-0.1, -0.05) is 102 Å². The number of rotatable bonds is 13. The van der Waals surface area contributed by atoms with E-state index in [1.807, 2.05) is 6.92 Å². The zero-order valence-electron chi connectivity index (χ0n) is 15.9. The normalized spacial score (nSPS) is 10.1. The Kier molecular flexibility index (Phi) is 17.9. The highest BCUT2D eigenvalue weighted by molar-refractivity contribution is 6.63. The third-order valence-electron chi connectivity index (χ3n) is 4.11. The summed E-state index contributed by atoms with van der Waals surface area (Å²) < 4.78 is 0. The molecule has 1 rings (SSSR count). The van der Waals surface area contributed by atoms with Crippen LogP contribution in [0.5, 0.6) is 0 Å². The standard InChI is InChI=1S/C18H30.C4H7ClO/c1-2-3-4-5-6-7-8-9-10-12-15-18-16-13-11-14-17-18;1-2-3-4(5)6/h11,13-14,16-17H,2-10,12,15H2,1H3;2-3H2,1H3. The molecule has 0 heterocycles. The number of halogens is 1. The molecule has 0 aliphatic carbocycles. The van der Waals surface area contributed by atoms with Gasteiger partial charge in [0, 0.05) is 6.42 Å². The van der Waals surface area contributed by atoms with Crippen LogP contribution in [0.4, 0.5) is 0 Å². The van der Waals surface area contributed by atoms with Crippen LogP contribution in [0, 0.1) is 0 Å². The number of carbonyl (C=O) groups is 1. The summed E-state index contributed by atoms with van der Waals surface area (Å²) in [7, 11) is 0. The summed E-state index contributed by atoms with van der Waals surface area (Å²) in [5.74, 6) is 0. The summed E-state index contributed by atoms with van der Waals surface area (Å²) in [6.45, 7) is 4.20. The Bertz CT molecular complexity index is 375. The van der Waals surface area contributed by atoms with Gasteiger partial charge in [0.2, 0.25) is 5.24 Å². The van der Waals surface area contributed by atoms with Crippen molar-refractivity contribution < 1.29 is 4.79 Å². The lowest BCUT2D eigenvalue weighted by Gasteiger charge is -2.03. The topological polar surface area (TPSA) is 17.1 Å². The van der Waals surface area contributed by atoms with Crippen molar-refractivity contribution in [3.05, 3.63) is 35.9 Å². The molecule has 138 valence electrons. The number of hydrogen-bond donors (Lipinski definition) is 0. The largest absolute Gasteiger partial charge is 0.281 e. The molecule has 0 unspecified atom stereocenters. The molecule has 0 aliphatic rings. The number of benzene rings is 1. The van der Waals surface area contributed by atoms with Gasteiger partial charge in [-0.25, -0.2) is 0 Å². The quantitative estimate of drug-likeness (QED) is 0.262. The Hall–Kier alpha value is -0.820. The maximum Gasteiger partial charge on any atom is 0.221 e. The Morgan fingerprint density at radius 3 is 1.67 bits per heavy atom. The number of aryl methyl sites for hydroxylation is 1. The lowest BCUT2D eigenvalue weighted by Crippen LogP contribution is -1.86. The molecule has 0 amide bonds. The molecule has 1 aromatic carbocycles. The summed E-state index contributed by atoms with van der Waals surface area (Å²) in [5.41, 5.74) is 1.50. The van der Waals surface area contributed by atoms with Crippen LogP contribution in [0.15, 0.2) is 30.3 Å².